The van der Waals surface area contributed by atoms with Gasteiger partial charge in [-0.2, -0.15) is 13.2 Å². The van der Waals surface area contributed by atoms with Crippen LogP contribution in [-0.4, -0.2) is 40.4 Å². The van der Waals surface area contributed by atoms with E-state index in [2.05, 4.69) is 4.98 Å². The average Bonchev–Trinajstić information content (AvgIpc) is 2.75. The number of amides is 1. The molecule has 21 heavy (non-hydrogen) atoms. The maximum absolute atomic E-state index is 13.2. The molecule has 0 saturated carbocycles. The van der Waals surface area contributed by atoms with E-state index in [1.165, 1.54) is 30.3 Å². The molecule has 112 valence electrons. The molecule has 3 rings (SSSR count). The Morgan fingerprint density at radius 3 is 2.62 bits per heavy atom. The molecule has 1 aliphatic heterocycles. The van der Waals surface area contributed by atoms with Crippen molar-refractivity contribution in [1.82, 2.24) is 14.3 Å². The topological polar surface area (TPSA) is 46.8 Å². The molecule has 0 unspecified atom stereocenters. The molecule has 1 saturated heterocycles. The van der Waals surface area contributed by atoms with E-state index in [4.69, 9.17) is 4.74 Å². The highest BCUT2D eigenvalue weighted by atomic mass is 19.4. The van der Waals surface area contributed by atoms with Gasteiger partial charge in [-0.15, -0.1) is 0 Å². The molecular formula is C13H12F3N3O2. The number of methoxy groups -OCH3 is 1. The van der Waals surface area contributed by atoms with E-state index < -0.39 is 23.5 Å². The zero-order valence-electron chi connectivity index (χ0n) is 11.1. The van der Waals surface area contributed by atoms with Crippen LogP contribution in [0.4, 0.5) is 13.2 Å². The molecule has 0 bridgehead atoms. The molecule has 8 heteroatoms. The van der Waals surface area contributed by atoms with Crippen LogP contribution in [0.15, 0.2) is 18.3 Å². The fraction of sp³-hybridized carbons (Fsp3) is 0.385. The highest BCUT2D eigenvalue weighted by Crippen LogP contribution is 2.34. The third-order valence-corrected chi connectivity index (χ3v) is 3.45. The minimum atomic E-state index is -4.70. The monoisotopic (exact) mass is 299 g/mol. The normalized spacial score (nSPS) is 15.1. The van der Waals surface area contributed by atoms with Crippen LogP contribution < -0.4 is 4.74 Å². The van der Waals surface area contributed by atoms with Gasteiger partial charge in [0.25, 0.3) is 5.91 Å². The zero-order chi connectivity index (χ0) is 15.2. The van der Waals surface area contributed by atoms with Crippen molar-refractivity contribution in [2.24, 2.45) is 0 Å². The van der Waals surface area contributed by atoms with Crippen LogP contribution in [-0.2, 0) is 6.18 Å². The highest BCUT2D eigenvalue weighted by molar-refractivity contribution is 5.95. The highest BCUT2D eigenvalue weighted by Gasteiger charge is 2.42. The van der Waals surface area contributed by atoms with E-state index in [1.807, 2.05) is 0 Å². The summed E-state index contributed by atoms with van der Waals surface area (Å²) in [5, 5.41) is 0. The van der Waals surface area contributed by atoms with Crippen LogP contribution in [0.25, 0.3) is 5.65 Å². The summed E-state index contributed by atoms with van der Waals surface area (Å²) in [6.45, 7) is 0.931. The number of carbonyl (C=O) groups is 1. The number of carbonyl (C=O) groups excluding carboxylic acids is 1. The van der Waals surface area contributed by atoms with Gasteiger partial charge in [-0.25, -0.2) is 4.98 Å². The van der Waals surface area contributed by atoms with Gasteiger partial charge in [0.2, 0.25) is 0 Å². The van der Waals surface area contributed by atoms with E-state index in [-0.39, 0.29) is 11.4 Å². The van der Waals surface area contributed by atoms with E-state index in [0.29, 0.717) is 13.1 Å². The van der Waals surface area contributed by atoms with Gasteiger partial charge in [0.1, 0.15) is 5.69 Å². The Labute approximate surface area is 117 Å². The lowest BCUT2D eigenvalue weighted by molar-refractivity contribution is -0.141. The Bertz CT molecular complexity index is 704. The summed E-state index contributed by atoms with van der Waals surface area (Å²) >= 11 is 0. The van der Waals surface area contributed by atoms with Crippen molar-refractivity contribution in [3.63, 3.8) is 0 Å². The maximum atomic E-state index is 13.2. The summed E-state index contributed by atoms with van der Waals surface area (Å²) in [5.41, 5.74) is -1.66. The van der Waals surface area contributed by atoms with Gasteiger partial charge in [0, 0.05) is 19.3 Å². The van der Waals surface area contributed by atoms with Crippen LogP contribution in [0, 0.1) is 0 Å². The van der Waals surface area contributed by atoms with Gasteiger partial charge < -0.3 is 9.64 Å². The van der Waals surface area contributed by atoms with Gasteiger partial charge in [-0.1, -0.05) is 0 Å². The number of ether oxygens (including phenoxy) is 1. The number of rotatable bonds is 2. The molecule has 0 atom stereocenters. The van der Waals surface area contributed by atoms with Crippen molar-refractivity contribution in [3.8, 4) is 5.75 Å². The van der Waals surface area contributed by atoms with Gasteiger partial charge in [-0.3, -0.25) is 9.20 Å². The molecule has 3 heterocycles. The quantitative estimate of drug-likeness (QED) is 0.854. The summed E-state index contributed by atoms with van der Waals surface area (Å²) in [4.78, 5) is 17.2. The van der Waals surface area contributed by atoms with E-state index in [1.54, 1.807) is 0 Å². The first-order chi connectivity index (χ1) is 9.93. The fourth-order valence-electron chi connectivity index (χ4n) is 2.27. The van der Waals surface area contributed by atoms with Crippen LogP contribution >= 0.6 is 0 Å². The Morgan fingerprint density at radius 1 is 1.38 bits per heavy atom. The Hall–Kier alpha value is -2.25. The first-order valence-electron chi connectivity index (χ1n) is 6.35. The summed E-state index contributed by atoms with van der Waals surface area (Å²) in [7, 11) is 1.34. The Balaban J connectivity index is 2.25. The van der Waals surface area contributed by atoms with E-state index in [9.17, 15) is 18.0 Å². The number of hydrogen-bond donors (Lipinski definition) is 0. The molecule has 2 aromatic heterocycles. The zero-order valence-corrected chi connectivity index (χ0v) is 11.1. The standard InChI is InChI=1S/C13H12F3N3O2/c1-21-8-4-2-7-19-9(12(20)18-5-3-6-18)10(13(14,15)16)17-11(8)19/h2,4,7H,3,5-6H2,1H3. The third-order valence-electron chi connectivity index (χ3n) is 3.45. The van der Waals surface area contributed by atoms with Crippen molar-refractivity contribution >= 4 is 11.6 Å². The minimum Gasteiger partial charge on any atom is -0.493 e. The smallest absolute Gasteiger partial charge is 0.435 e. The van der Waals surface area contributed by atoms with Gasteiger partial charge in [0.05, 0.1) is 7.11 Å². The predicted octanol–water partition coefficient (Wildman–Crippen LogP) is 2.21. The first-order valence-corrected chi connectivity index (χ1v) is 6.35. The largest absolute Gasteiger partial charge is 0.493 e. The molecule has 0 N–H and O–H groups in total. The number of alkyl halides is 3. The van der Waals surface area contributed by atoms with Crippen molar-refractivity contribution in [1.29, 1.82) is 0 Å². The van der Waals surface area contributed by atoms with E-state index in [0.717, 1.165) is 10.8 Å². The molecule has 0 spiro atoms. The van der Waals surface area contributed by atoms with Gasteiger partial charge in [0.15, 0.2) is 17.1 Å². The molecule has 0 aromatic carbocycles. The molecule has 5 nitrogen and oxygen atoms in total. The lowest BCUT2D eigenvalue weighted by Crippen LogP contribution is -2.43. The van der Waals surface area contributed by atoms with Crippen LogP contribution in [0.5, 0.6) is 5.75 Å². The number of likely N-dealkylation sites (tertiary alicyclic amines) is 1. The summed E-state index contributed by atoms with van der Waals surface area (Å²) in [5.74, 6) is -0.472. The lowest BCUT2D eigenvalue weighted by Gasteiger charge is -2.30. The minimum absolute atomic E-state index is 0.0174. The summed E-state index contributed by atoms with van der Waals surface area (Å²) in [6, 6.07) is 3.01. The Kier molecular flexibility index (Phi) is 3.03. The number of pyridine rings is 1. The van der Waals surface area contributed by atoms with Crippen LogP contribution in [0.3, 0.4) is 0 Å². The fourth-order valence-corrected chi connectivity index (χ4v) is 2.27. The number of halogens is 3. The molecule has 2 aromatic rings. The van der Waals surface area contributed by atoms with Crippen molar-refractivity contribution in [3.05, 3.63) is 29.7 Å². The van der Waals surface area contributed by atoms with Crippen molar-refractivity contribution in [2.45, 2.75) is 12.6 Å². The number of hydrogen-bond acceptors (Lipinski definition) is 3. The second-order valence-corrected chi connectivity index (χ2v) is 4.72. The van der Waals surface area contributed by atoms with Crippen LogP contribution in [0.2, 0.25) is 0 Å². The molecule has 0 aliphatic carbocycles. The molecule has 1 amide bonds. The third kappa shape index (κ3) is 2.10. The molecule has 0 radical (unpaired) electrons. The number of aromatic nitrogens is 2. The van der Waals surface area contributed by atoms with Crippen molar-refractivity contribution in [2.75, 3.05) is 20.2 Å². The van der Waals surface area contributed by atoms with Crippen LogP contribution in [0.1, 0.15) is 22.6 Å². The number of fused-ring (bicyclic) bond motifs is 1. The number of nitrogens with zero attached hydrogens (tertiary/aromatic N) is 3. The summed E-state index contributed by atoms with van der Waals surface area (Å²) in [6.07, 6.45) is -2.52. The predicted molar refractivity (Wildman–Crippen MR) is 67.3 cm³/mol. The molecule has 1 fully saturated rings. The summed E-state index contributed by atoms with van der Waals surface area (Å²) < 4.78 is 45.7. The van der Waals surface area contributed by atoms with E-state index >= 15 is 0 Å². The van der Waals surface area contributed by atoms with Gasteiger partial charge >= 0.3 is 6.18 Å². The molecular weight excluding hydrogens is 287 g/mol. The first kappa shape index (κ1) is 13.7. The average molecular weight is 299 g/mol. The van der Waals surface area contributed by atoms with Crippen molar-refractivity contribution < 1.29 is 22.7 Å². The number of imidazole rings is 1. The second kappa shape index (κ2) is 4.64. The Morgan fingerprint density at radius 2 is 2.10 bits per heavy atom. The maximum Gasteiger partial charge on any atom is 0.435 e. The molecule has 1 aliphatic rings. The lowest BCUT2D eigenvalue weighted by atomic mass is 10.2. The van der Waals surface area contributed by atoms with Gasteiger partial charge in [-0.05, 0) is 18.6 Å². The SMILES string of the molecule is COc1cccn2c(C(=O)N3CCC3)c(C(F)(F)F)nc12. The second-order valence-electron chi connectivity index (χ2n) is 4.72.